The number of ether oxygens (including phenoxy) is 1. The summed E-state index contributed by atoms with van der Waals surface area (Å²) in [5, 5.41) is 3.64. The molecule has 0 amide bonds. The molecule has 1 fully saturated rings. The molecule has 0 aliphatic carbocycles. The van der Waals surface area contributed by atoms with Gasteiger partial charge in [0.15, 0.2) is 0 Å². The fourth-order valence-electron chi connectivity index (χ4n) is 3.35. The third kappa shape index (κ3) is 3.36. The average molecular weight is 277 g/mol. The fourth-order valence-corrected chi connectivity index (χ4v) is 3.35. The van der Waals surface area contributed by atoms with Crippen molar-refractivity contribution in [2.24, 2.45) is 5.92 Å². The van der Waals surface area contributed by atoms with Gasteiger partial charge in [0.25, 0.3) is 0 Å². The minimum absolute atomic E-state index is 0.0808. The minimum atomic E-state index is -0.160. The average Bonchev–Trinajstić information content (AvgIpc) is 2.59. The summed E-state index contributed by atoms with van der Waals surface area (Å²) >= 11 is 0. The summed E-state index contributed by atoms with van der Waals surface area (Å²) in [6, 6.07) is 0.195. The number of hydrogen-bond acceptors (Lipinski definition) is 4. The summed E-state index contributed by atoms with van der Waals surface area (Å²) in [5.41, 5.74) is 0.773. The molecule has 1 aliphatic rings. The third-order valence-corrected chi connectivity index (χ3v) is 4.06. The van der Waals surface area contributed by atoms with E-state index in [2.05, 4.69) is 49.9 Å². The van der Waals surface area contributed by atoms with E-state index in [1.165, 1.54) is 0 Å². The van der Waals surface area contributed by atoms with Gasteiger partial charge in [0.05, 0.1) is 22.9 Å². The summed E-state index contributed by atoms with van der Waals surface area (Å²) in [6.45, 7) is 11.9. The van der Waals surface area contributed by atoms with E-state index < -0.39 is 0 Å². The molecule has 4 heteroatoms. The summed E-state index contributed by atoms with van der Waals surface area (Å²) in [4.78, 5) is 8.74. The van der Waals surface area contributed by atoms with E-state index in [4.69, 9.17) is 4.74 Å². The molecule has 4 nitrogen and oxygen atoms in total. The van der Waals surface area contributed by atoms with Crippen molar-refractivity contribution in [1.29, 1.82) is 0 Å². The summed E-state index contributed by atoms with van der Waals surface area (Å²) < 4.78 is 6.24. The molecule has 20 heavy (non-hydrogen) atoms. The fraction of sp³-hybridized carbons (Fsp3) is 0.750. The van der Waals surface area contributed by atoms with Gasteiger partial charge in [0.1, 0.15) is 0 Å². The Kier molecular flexibility index (Phi) is 4.45. The van der Waals surface area contributed by atoms with Gasteiger partial charge < -0.3 is 10.1 Å². The molecule has 0 spiro atoms. The van der Waals surface area contributed by atoms with Crippen molar-refractivity contribution >= 4 is 0 Å². The first-order chi connectivity index (χ1) is 9.36. The molecule has 2 rings (SSSR count). The molecule has 0 radical (unpaired) electrons. The van der Waals surface area contributed by atoms with Gasteiger partial charge in [-0.3, -0.25) is 9.97 Å². The molecular formula is C16H27N3O. The lowest BCUT2D eigenvalue weighted by molar-refractivity contribution is -0.0780. The highest BCUT2D eigenvalue weighted by atomic mass is 16.5. The van der Waals surface area contributed by atoms with Crippen molar-refractivity contribution < 1.29 is 4.74 Å². The van der Waals surface area contributed by atoms with Crippen LogP contribution in [0.2, 0.25) is 0 Å². The molecule has 2 heterocycles. The number of nitrogens with zero attached hydrogens (tertiary/aromatic N) is 2. The Morgan fingerprint density at radius 2 is 2.10 bits per heavy atom. The van der Waals surface area contributed by atoms with Gasteiger partial charge in [-0.1, -0.05) is 6.92 Å². The summed E-state index contributed by atoms with van der Waals surface area (Å²) in [7, 11) is 0. The standard InChI is InChI=1S/C16H27N3O/c1-6-7-19-14(13-11-17-8-9-18-13)12-10-15(2,3)20-16(12,4)5/h8-9,11-12,14,19H,6-7,10H2,1-5H3. The zero-order valence-electron chi connectivity index (χ0n) is 13.3. The van der Waals surface area contributed by atoms with Crippen molar-refractivity contribution in [1.82, 2.24) is 15.3 Å². The molecule has 2 unspecified atom stereocenters. The molecular weight excluding hydrogens is 250 g/mol. The van der Waals surface area contributed by atoms with Gasteiger partial charge in [0.2, 0.25) is 0 Å². The van der Waals surface area contributed by atoms with Gasteiger partial charge in [0, 0.05) is 24.5 Å². The SMILES string of the molecule is CCCNC(c1cnccn1)C1CC(C)(C)OC1(C)C. The lowest BCUT2D eigenvalue weighted by Crippen LogP contribution is -2.39. The smallest absolute Gasteiger partial charge is 0.0760 e. The van der Waals surface area contributed by atoms with Gasteiger partial charge in [-0.2, -0.15) is 0 Å². The predicted molar refractivity (Wildman–Crippen MR) is 80.4 cm³/mol. The topological polar surface area (TPSA) is 47.0 Å². The van der Waals surface area contributed by atoms with Crippen LogP contribution in [0.4, 0.5) is 0 Å². The van der Waals surface area contributed by atoms with E-state index in [0.717, 1.165) is 25.1 Å². The van der Waals surface area contributed by atoms with Gasteiger partial charge in [-0.15, -0.1) is 0 Å². The zero-order valence-corrected chi connectivity index (χ0v) is 13.3. The first-order valence-electron chi connectivity index (χ1n) is 7.55. The van der Waals surface area contributed by atoms with Crippen LogP contribution in [0.15, 0.2) is 18.6 Å². The molecule has 1 aliphatic heterocycles. The largest absolute Gasteiger partial charge is 0.369 e. The highest BCUT2D eigenvalue weighted by Gasteiger charge is 2.49. The van der Waals surface area contributed by atoms with Crippen LogP contribution in [0, 0.1) is 5.92 Å². The minimum Gasteiger partial charge on any atom is -0.369 e. The second-order valence-corrected chi connectivity index (χ2v) is 6.84. The normalized spacial score (nSPS) is 25.6. The Bertz CT molecular complexity index is 431. The maximum absolute atomic E-state index is 6.24. The second kappa shape index (κ2) is 5.78. The lowest BCUT2D eigenvalue weighted by Gasteiger charge is -2.33. The Morgan fingerprint density at radius 1 is 1.35 bits per heavy atom. The molecule has 0 saturated carbocycles. The second-order valence-electron chi connectivity index (χ2n) is 6.84. The summed E-state index contributed by atoms with van der Waals surface area (Å²) in [6.07, 6.45) is 7.49. The number of hydrogen-bond donors (Lipinski definition) is 1. The van der Waals surface area contributed by atoms with Crippen LogP contribution in [-0.2, 0) is 4.74 Å². The monoisotopic (exact) mass is 277 g/mol. The molecule has 112 valence electrons. The zero-order chi connectivity index (χ0) is 14.8. The maximum atomic E-state index is 6.24. The van der Waals surface area contributed by atoms with E-state index in [0.29, 0.717) is 5.92 Å². The molecule has 0 aromatic carbocycles. The van der Waals surface area contributed by atoms with Crippen LogP contribution in [0.3, 0.4) is 0 Å². The quantitative estimate of drug-likeness (QED) is 0.898. The van der Waals surface area contributed by atoms with E-state index in [1.54, 1.807) is 12.4 Å². The Hall–Kier alpha value is -1.00. The first kappa shape index (κ1) is 15.4. The van der Waals surface area contributed by atoms with Crippen LogP contribution in [0.1, 0.15) is 59.2 Å². The van der Waals surface area contributed by atoms with Gasteiger partial charge in [-0.05, 0) is 47.1 Å². The summed E-state index contributed by atoms with van der Waals surface area (Å²) in [5.74, 6) is 0.390. The van der Waals surface area contributed by atoms with E-state index in [1.807, 2.05) is 6.20 Å². The highest BCUT2D eigenvalue weighted by molar-refractivity contribution is 5.10. The van der Waals surface area contributed by atoms with Crippen molar-refractivity contribution in [2.75, 3.05) is 6.54 Å². The molecule has 1 aromatic rings. The molecule has 1 aromatic heterocycles. The van der Waals surface area contributed by atoms with Crippen LogP contribution >= 0.6 is 0 Å². The highest BCUT2D eigenvalue weighted by Crippen LogP contribution is 2.47. The van der Waals surface area contributed by atoms with Crippen molar-refractivity contribution in [3.63, 3.8) is 0 Å². The Morgan fingerprint density at radius 3 is 2.60 bits per heavy atom. The Labute approximate surface area is 122 Å². The van der Waals surface area contributed by atoms with E-state index >= 15 is 0 Å². The molecule has 1 saturated heterocycles. The first-order valence-corrected chi connectivity index (χ1v) is 7.55. The molecule has 2 atom stereocenters. The number of rotatable bonds is 5. The van der Waals surface area contributed by atoms with Crippen LogP contribution in [0.25, 0.3) is 0 Å². The van der Waals surface area contributed by atoms with Gasteiger partial charge >= 0.3 is 0 Å². The maximum Gasteiger partial charge on any atom is 0.0760 e. The number of nitrogens with one attached hydrogen (secondary N) is 1. The molecule has 1 N–H and O–H groups in total. The van der Waals surface area contributed by atoms with Crippen molar-refractivity contribution in [3.8, 4) is 0 Å². The van der Waals surface area contributed by atoms with Crippen molar-refractivity contribution in [3.05, 3.63) is 24.3 Å². The molecule has 0 bridgehead atoms. The lowest BCUT2D eigenvalue weighted by atomic mass is 9.80. The number of aromatic nitrogens is 2. The van der Waals surface area contributed by atoms with Crippen LogP contribution in [0.5, 0.6) is 0 Å². The predicted octanol–water partition coefficient (Wildman–Crippen LogP) is 3.11. The van der Waals surface area contributed by atoms with E-state index in [-0.39, 0.29) is 17.2 Å². The van der Waals surface area contributed by atoms with Crippen LogP contribution in [-0.4, -0.2) is 27.7 Å². The van der Waals surface area contributed by atoms with Crippen molar-refractivity contribution in [2.45, 2.75) is 64.7 Å². The Balaban J connectivity index is 2.27. The van der Waals surface area contributed by atoms with E-state index in [9.17, 15) is 0 Å². The van der Waals surface area contributed by atoms with Gasteiger partial charge in [-0.25, -0.2) is 0 Å². The van der Waals surface area contributed by atoms with Crippen LogP contribution < -0.4 is 5.32 Å². The third-order valence-electron chi connectivity index (χ3n) is 4.06.